The van der Waals surface area contributed by atoms with Gasteiger partial charge in [0.15, 0.2) is 0 Å². The molecule has 4 heteroatoms. The first-order valence-electron chi connectivity index (χ1n) is 8.21. The predicted molar refractivity (Wildman–Crippen MR) is 85.9 cm³/mol. The maximum atomic E-state index is 13.0. The third-order valence-electron chi connectivity index (χ3n) is 5.81. The van der Waals surface area contributed by atoms with E-state index in [1.807, 2.05) is 0 Å². The number of nitrogens with zero attached hydrogens (tertiary/aromatic N) is 1. The molecule has 4 rings (SSSR count). The van der Waals surface area contributed by atoms with Crippen LogP contribution < -0.4 is 5.32 Å². The summed E-state index contributed by atoms with van der Waals surface area (Å²) < 4.78 is 0. The summed E-state index contributed by atoms with van der Waals surface area (Å²) in [4.78, 5) is 17.6. The average molecular weight is 304 g/mol. The maximum absolute atomic E-state index is 13.0. The number of amides is 1. The van der Waals surface area contributed by atoms with Crippen LogP contribution in [0.3, 0.4) is 0 Å². The minimum absolute atomic E-state index is 0.0181. The van der Waals surface area contributed by atoms with Crippen molar-refractivity contribution in [3.8, 4) is 0 Å². The number of hydrogen-bond donors (Lipinski definition) is 1. The highest BCUT2D eigenvalue weighted by Crippen LogP contribution is 2.42. The van der Waals surface area contributed by atoms with Gasteiger partial charge in [-0.3, -0.25) is 4.79 Å². The fourth-order valence-electron chi connectivity index (χ4n) is 4.50. The number of fused-ring (bicyclic) bond motifs is 2. The van der Waals surface area contributed by atoms with Crippen LogP contribution in [0.2, 0.25) is 0 Å². The Hall–Kier alpha value is -0.870. The van der Waals surface area contributed by atoms with Crippen LogP contribution in [-0.2, 0) is 12.8 Å². The third kappa shape index (κ3) is 2.07. The van der Waals surface area contributed by atoms with Gasteiger partial charge in [0.05, 0.1) is 4.88 Å². The molecule has 0 saturated carbocycles. The molecular formula is C17H24N2OS. The van der Waals surface area contributed by atoms with Crippen molar-refractivity contribution in [3.63, 3.8) is 0 Å². The number of hydrogen-bond acceptors (Lipinski definition) is 3. The summed E-state index contributed by atoms with van der Waals surface area (Å²) in [5.74, 6) is 1.52. The lowest BCUT2D eigenvalue weighted by Crippen LogP contribution is -2.47. The Labute approximate surface area is 130 Å². The summed E-state index contributed by atoms with van der Waals surface area (Å²) in [5.41, 5.74) is 1.42. The average Bonchev–Trinajstić information content (AvgIpc) is 3.14. The molecule has 1 aromatic rings. The highest BCUT2D eigenvalue weighted by atomic mass is 32.1. The molecule has 2 saturated heterocycles. The summed E-state index contributed by atoms with van der Waals surface area (Å²) in [7, 11) is 0. The van der Waals surface area contributed by atoms with E-state index in [1.165, 1.54) is 29.7 Å². The van der Waals surface area contributed by atoms with Gasteiger partial charge >= 0.3 is 0 Å². The molecule has 2 aliphatic heterocycles. The molecule has 1 aliphatic carbocycles. The van der Waals surface area contributed by atoms with Crippen LogP contribution >= 0.6 is 11.3 Å². The van der Waals surface area contributed by atoms with E-state index in [2.05, 4.69) is 30.1 Å². The van der Waals surface area contributed by atoms with Gasteiger partial charge in [0, 0.05) is 30.1 Å². The topological polar surface area (TPSA) is 32.3 Å². The van der Waals surface area contributed by atoms with Gasteiger partial charge in [-0.05, 0) is 63.0 Å². The summed E-state index contributed by atoms with van der Waals surface area (Å²) in [6.07, 6.45) is 4.90. The molecule has 3 aliphatic rings. The molecular weight excluding hydrogens is 280 g/mol. The molecule has 0 spiro atoms. The molecule has 2 fully saturated rings. The Morgan fingerprint density at radius 2 is 2.14 bits per heavy atom. The zero-order valence-corrected chi connectivity index (χ0v) is 13.8. The Balaban J connectivity index is 1.61. The Morgan fingerprint density at radius 3 is 2.90 bits per heavy atom. The first-order valence-corrected chi connectivity index (χ1v) is 9.03. The van der Waals surface area contributed by atoms with Crippen molar-refractivity contribution >= 4 is 17.2 Å². The SMILES string of the molecule is CC1(C)C2CNCC2CN1C(=O)c1cc2c(s1)CCCC2. The second kappa shape index (κ2) is 4.82. The Bertz CT molecular complexity index is 554. The van der Waals surface area contributed by atoms with Crippen molar-refractivity contribution in [3.05, 3.63) is 21.4 Å². The van der Waals surface area contributed by atoms with Crippen molar-refractivity contribution in [2.75, 3.05) is 19.6 Å². The lowest BCUT2D eigenvalue weighted by atomic mass is 9.85. The molecule has 114 valence electrons. The fourth-order valence-corrected chi connectivity index (χ4v) is 5.70. The highest BCUT2D eigenvalue weighted by Gasteiger charge is 2.51. The molecule has 0 aromatic carbocycles. The number of rotatable bonds is 1. The number of likely N-dealkylation sites (tertiary alicyclic amines) is 1. The van der Waals surface area contributed by atoms with Gasteiger partial charge in [0.25, 0.3) is 5.91 Å². The standard InChI is InChI=1S/C17H24N2OS/c1-17(2)13-9-18-8-12(13)10-19(17)16(20)15-7-11-5-3-4-6-14(11)21-15/h7,12-13,18H,3-6,8-10H2,1-2H3. The molecule has 3 heterocycles. The van der Waals surface area contributed by atoms with E-state index in [9.17, 15) is 4.79 Å². The monoisotopic (exact) mass is 304 g/mol. The molecule has 1 aromatic heterocycles. The maximum Gasteiger partial charge on any atom is 0.264 e. The fraction of sp³-hybridized carbons (Fsp3) is 0.706. The first-order chi connectivity index (χ1) is 10.1. The van der Waals surface area contributed by atoms with Crippen LogP contribution in [0.1, 0.15) is 46.8 Å². The van der Waals surface area contributed by atoms with Gasteiger partial charge in [-0.25, -0.2) is 0 Å². The largest absolute Gasteiger partial charge is 0.332 e. The summed E-state index contributed by atoms with van der Waals surface area (Å²) in [6, 6.07) is 2.18. The zero-order valence-electron chi connectivity index (χ0n) is 12.9. The van der Waals surface area contributed by atoms with Crippen LogP contribution in [-0.4, -0.2) is 36.0 Å². The Kier molecular flexibility index (Phi) is 3.16. The van der Waals surface area contributed by atoms with Crippen LogP contribution in [0.15, 0.2) is 6.07 Å². The van der Waals surface area contributed by atoms with Gasteiger partial charge in [0.2, 0.25) is 0 Å². The quantitative estimate of drug-likeness (QED) is 0.865. The molecule has 2 unspecified atom stereocenters. The van der Waals surface area contributed by atoms with Crippen molar-refractivity contribution in [2.24, 2.45) is 11.8 Å². The number of thiophene rings is 1. The van der Waals surface area contributed by atoms with Crippen LogP contribution in [0.25, 0.3) is 0 Å². The van der Waals surface area contributed by atoms with Crippen LogP contribution in [0, 0.1) is 11.8 Å². The van der Waals surface area contributed by atoms with Crippen molar-refractivity contribution < 1.29 is 4.79 Å². The normalized spacial score (nSPS) is 30.3. The minimum atomic E-state index is -0.0181. The van der Waals surface area contributed by atoms with Crippen molar-refractivity contribution in [2.45, 2.75) is 45.1 Å². The van der Waals surface area contributed by atoms with E-state index in [4.69, 9.17) is 0 Å². The summed E-state index contributed by atoms with van der Waals surface area (Å²) >= 11 is 1.75. The number of carbonyl (C=O) groups is 1. The van der Waals surface area contributed by atoms with E-state index >= 15 is 0 Å². The minimum Gasteiger partial charge on any atom is -0.332 e. The second-order valence-electron chi connectivity index (χ2n) is 7.36. The smallest absolute Gasteiger partial charge is 0.264 e. The van der Waals surface area contributed by atoms with Gasteiger partial charge < -0.3 is 10.2 Å². The zero-order chi connectivity index (χ0) is 14.6. The molecule has 0 radical (unpaired) electrons. The number of aryl methyl sites for hydroxylation is 2. The van der Waals surface area contributed by atoms with Crippen LogP contribution in [0.4, 0.5) is 0 Å². The highest BCUT2D eigenvalue weighted by molar-refractivity contribution is 7.14. The lowest BCUT2D eigenvalue weighted by molar-refractivity contribution is 0.0608. The van der Waals surface area contributed by atoms with Gasteiger partial charge in [-0.1, -0.05) is 0 Å². The van der Waals surface area contributed by atoms with E-state index in [1.54, 1.807) is 11.3 Å². The van der Waals surface area contributed by atoms with Crippen molar-refractivity contribution in [1.29, 1.82) is 0 Å². The lowest BCUT2D eigenvalue weighted by Gasteiger charge is -2.35. The van der Waals surface area contributed by atoms with Gasteiger partial charge in [0.1, 0.15) is 0 Å². The molecule has 1 N–H and O–H groups in total. The van der Waals surface area contributed by atoms with Crippen molar-refractivity contribution in [1.82, 2.24) is 10.2 Å². The van der Waals surface area contributed by atoms with E-state index < -0.39 is 0 Å². The number of nitrogens with one attached hydrogen (secondary N) is 1. The summed E-state index contributed by atoms with van der Waals surface area (Å²) in [5, 5.41) is 3.48. The number of carbonyl (C=O) groups excluding carboxylic acids is 1. The molecule has 2 atom stereocenters. The molecule has 1 amide bonds. The van der Waals surface area contributed by atoms with Crippen LogP contribution in [0.5, 0.6) is 0 Å². The van der Waals surface area contributed by atoms with E-state index in [0.717, 1.165) is 30.9 Å². The third-order valence-corrected chi connectivity index (χ3v) is 7.04. The second-order valence-corrected chi connectivity index (χ2v) is 8.50. The first kappa shape index (κ1) is 13.8. The van der Waals surface area contributed by atoms with E-state index in [-0.39, 0.29) is 11.4 Å². The molecule has 21 heavy (non-hydrogen) atoms. The summed E-state index contributed by atoms with van der Waals surface area (Å²) in [6.45, 7) is 7.54. The Morgan fingerprint density at radius 1 is 1.33 bits per heavy atom. The van der Waals surface area contributed by atoms with Gasteiger partial charge in [-0.2, -0.15) is 0 Å². The molecule has 3 nitrogen and oxygen atoms in total. The molecule has 0 bridgehead atoms. The predicted octanol–water partition coefficient (Wildman–Crippen LogP) is 2.70. The van der Waals surface area contributed by atoms with E-state index in [0.29, 0.717) is 11.8 Å². The van der Waals surface area contributed by atoms with Gasteiger partial charge in [-0.15, -0.1) is 11.3 Å².